The van der Waals surface area contributed by atoms with Crippen molar-refractivity contribution >= 4 is 21.8 Å². The molecule has 0 N–H and O–H groups in total. The molecule has 1 spiro atoms. The van der Waals surface area contributed by atoms with Crippen molar-refractivity contribution in [1.82, 2.24) is 0 Å². The molecule has 2 aliphatic heterocycles. The second-order valence-electron chi connectivity index (χ2n) is 8.38. The molecule has 8 heteroatoms. The fourth-order valence-electron chi connectivity index (χ4n) is 5.04. The van der Waals surface area contributed by atoms with E-state index in [1.807, 2.05) is 0 Å². The monoisotopic (exact) mass is 420 g/mol. The molecule has 7 nitrogen and oxygen atoms in total. The van der Waals surface area contributed by atoms with Gasteiger partial charge in [-0.15, -0.1) is 0 Å². The maximum Gasteiger partial charge on any atom is 0.328 e. The van der Waals surface area contributed by atoms with Gasteiger partial charge in [0.2, 0.25) is 0 Å². The first-order valence-electron chi connectivity index (χ1n) is 9.56. The van der Waals surface area contributed by atoms with Crippen molar-refractivity contribution in [2.24, 2.45) is 11.3 Å². The SMILES string of the molecule is COc1ccc([C@@H]2CC(C)=C3[C@H](CCS3(=O)=O)C23C(=O)OC(C)(C)OC3=O)cc1. The topological polar surface area (TPSA) is 96.0 Å². The van der Waals surface area contributed by atoms with Gasteiger partial charge in [0, 0.05) is 30.6 Å². The Bertz CT molecular complexity index is 998. The van der Waals surface area contributed by atoms with Crippen LogP contribution < -0.4 is 4.74 Å². The molecule has 0 unspecified atom stereocenters. The Hall–Kier alpha value is -2.35. The lowest BCUT2D eigenvalue weighted by Gasteiger charge is -2.49. The van der Waals surface area contributed by atoms with Crippen LogP contribution in [0.25, 0.3) is 0 Å². The predicted octanol–water partition coefficient (Wildman–Crippen LogP) is 2.71. The third-order valence-electron chi connectivity index (χ3n) is 6.23. The summed E-state index contributed by atoms with van der Waals surface area (Å²) in [6.45, 7) is 4.75. The highest BCUT2D eigenvalue weighted by atomic mass is 32.2. The second-order valence-corrected chi connectivity index (χ2v) is 10.5. The molecular weight excluding hydrogens is 396 g/mol. The van der Waals surface area contributed by atoms with Crippen molar-refractivity contribution in [2.45, 2.75) is 45.3 Å². The number of benzene rings is 1. The van der Waals surface area contributed by atoms with Crippen LogP contribution in [-0.4, -0.2) is 39.0 Å². The first-order chi connectivity index (χ1) is 13.5. The Labute approximate surface area is 169 Å². The van der Waals surface area contributed by atoms with Gasteiger partial charge in [0.05, 0.1) is 12.9 Å². The van der Waals surface area contributed by atoms with E-state index in [4.69, 9.17) is 14.2 Å². The quantitative estimate of drug-likeness (QED) is 0.536. The van der Waals surface area contributed by atoms with E-state index in [-0.39, 0.29) is 23.5 Å². The lowest BCUT2D eigenvalue weighted by atomic mass is 9.58. The molecule has 2 fully saturated rings. The van der Waals surface area contributed by atoms with Crippen LogP contribution in [0.3, 0.4) is 0 Å². The average molecular weight is 420 g/mol. The number of rotatable bonds is 2. The van der Waals surface area contributed by atoms with Gasteiger partial charge >= 0.3 is 11.9 Å². The number of carbonyl (C=O) groups excluding carboxylic acids is 2. The number of esters is 2. The number of ether oxygens (including phenoxy) is 3. The van der Waals surface area contributed by atoms with Crippen LogP contribution in [0, 0.1) is 11.3 Å². The molecule has 2 heterocycles. The molecule has 0 radical (unpaired) electrons. The molecule has 3 aliphatic rings. The van der Waals surface area contributed by atoms with E-state index in [1.54, 1.807) is 38.3 Å². The fourth-order valence-corrected chi connectivity index (χ4v) is 7.16. The van der Waals surface area contributed by atoms with Crippen molar-refractivity contribution in [3.8, 4) is 5.75 Å². The van der Waals surface area contributed by atoms with E-state index >= 15 is 0 Å². The number of sulfone groups is 1. The van der Waals surface area contributed by atoms with Gasteiger partial charge < -0.3 is 14.2 Å². The Morgan fingerprint density at radius 1 is 1.03 bits per heavy atom. The lowest BCUT2D eigenvalue weighted by Crippen LogP contribution is -2.60. The number of hydrogen-bond acceptors (Lipinski definition) is 7. The van der Waals surface area contributed by atoms with Gasteiger partial charge in [-0.05, 0) is 37.5 Å². The third kappa shape index (κ3) is 2.79. The molecule has 29 heavy (non-hydrogen) atoms. The summed E-state index contributed by atoms with van der Waals surface area (Å²) in [5.41, 5.74) is -0.297. The first kappa shape index (κ1) is 19.9. The van der Waals surface area contributed by atoms with Gasteiger partial charge in [0.15, 0.2) is 15.3 Å². The van der Waals surface area contributed by atoms with Crippen molar-refractivity contribution in [3.05, 3.63) is 40.3 Å². The average Bonchev–Trinajstić information content (AvgIpc) is 2.96. The summed E-state index contributed by atoms with van der Waals surface area (Å²) in [6, 6.07) is 7.11. The number of methoxy groups -OCH3 is 1. The minimum absolute atomic E-state index is 0.0919. The van der Waals surface area contributed by atoms with Crippen LogP contribution in [0.4, 0.5) is 0 Å². The van der Waals surface area contributed by atoms with Crippen LogP contribution in [0.15, 0.2) is 34.7 Å². The molecule has 0 aromatic heterocycles. The summed E-state index contributed by atoms with van der Waals surface area (Å²) >= 11 is 0. The van der Waals surface area contributed by atoms with Crippen LogP contribution in [-0.2, 0) is 28.9 Å². The highest BCUT2D eigenvalue weighted by Crippen LogP contribution is 2.60. The molecule has 1 aromatic rings. The molecule has 1 aliphatic carbocycles. The smallest absolute Gasteiger partial charge is 0.328 e. The maximum atomic E-state index is 13.4. The summed E-state index contributed by atoms with van der Waals surface area (Å²) in [7, 11) is -1.97. The van der Waals surface area contributed by atoms with Gasteiger partial charge in [-0.25, -0.2) is 8.42 Å². The Balaban J connectivity index is 1.94. The molecule has 0 amide bonds. The summed E-state index contributed by atoms with van der Waals surface area (Å²) < 4.78 is 41.7. The standard InChI is InChI=1S/C21H24O7S/c1-12-11-16(13-5-7-14(26-4)8-6-13)21(15-9-10-29(24,25)17(12)15)18(22)27-20(2,3)28-19(21)23/h5-8,15-16H,9-11H2,1-4H3/t15-,16-/m0/s1. The van der Waals surface area contributed by atoms with Crippen LogP contribution in [0.2, 0.25) is 0 Å². The number of fused-ring (bicyclic) bond motifs is 2. The van der Waals surface area contributed by atoms with Gasteiger partial charge in [0.1, 0.15) is 5.75 Å². The van der Waals surface area contributed by atoms with Crippen molar-refractivity contribution < 1.29 is 32.2 Å². The molecule has 0 saturated carbocycles. The molecule has 0 bridgehead atoms. The minimum atomic E-state index is -3.52. The zero-order chi connectivity index (χ0) is 21.2. The number of hydrogen-bond donors (Lipinski definition) is 0. The van der Waals surface area contributed by atoms with E-state index in [9.17, 15) is 18.0 Å². The highest BCUT2D eigenvalue weighted by molar-refractivity contribution is 7.95. The van der Waals surface area contributed by atoms with Crippen LogP contribution in [0.5, 0.6) is 5.75 Å². The Morgan fingerprint density at radius 2 is 1.62 bits per heavy atom. The van der Waals surface area contributed by atoms with Crippen LogP contribution in [0.1, 0.15) is 45.1 Å². The second kappa shape index (κ2) is 6.32. The molecule has 1 aromatic carbocycles. The summed E-state index contributed by atoms with van der Waals surface area (Å²) in [5, 5.41) is 0. The zero-order valence-electron chi connectivity index (χ0n) is 16.9. The van der Waals surface area contributed by atoms with Crippen molar-refractivity contribution in [1.29, 1.82) is 0 Å². The highest BCUT2D eigenvalue weighted by Gasteiger charge is 2.69. The lowest BCUT2D eigenvalue weighted by molar-refractivity contribution is -0.257. The maximum absolute atomic E-state index is 13.4. The number of carbonyl (C=O) groups is 2. The molecule has 4 rings (SSSR count). The van der Waals surface area contributed by atoms with E-state index in [0.29, 0.717) is 11.3 Å². The number of cyclic esters (lactones) is 2. The van der Waals surface area contributed by atoms with E-state index in [0.717, 1.165) is 5.56 Å². The van der Waals surface area contributed by atoms with E-state index in [2.05, 4.69) is 0 Å². The molecule has 156 valence electrons. The summed E-state index contributed by atoms with van der Waals surface area (Å²) in [4.78, 5) is 27.0. The Morgan fingerprint density at radius 3 is 2.17 bits per heavy atom. The molecule has 2 saturated heterocycles. The van der Waals surface area contributed by atoms with Crippen molar-refractivity contribution in [3.63, 3.8) is 0 Å². The Kier molecular flexibility index (Phi) is 4.35. The number of allylic oxidation sites excluding steroid dienone is 2. The third-order valence-corrected chi connectivity index (χ3v) is 8.30. The largest absolute Gasteiger partial charge is 0.497 e. The zero-order valence-corrected chi connectivity index (χ0v) is 17.7. The van der Waals surface area contributed by atoms with Gasteiger partial charge in [0.25, 0.3) is 5.79 Å². The molecular formula is C21H24O7S. The van der Waals surface area contributed by atoms with E-state index < -0.39 is 44.8 Å². The normalized spacial score (nSPS) is 29.2. The van der Waals surface area contributed by atoms with Gasteiger partial charge in [-0.1, -0.05) is 17.7 Å². The van der Waals surface area contributed by atoms with Gasteiger partial charge in [-0.2, -0.15) is 0 Å². The predicted molar refractivity (Wildman–Crippen MR) is 104 cm³/mol. The minimum Gasteiger partial charge on any atom is -0.497 e. The van der Waals surface area contributed by atoms with Crippen molar-refractivity contribution in [2.75, 3.05) is 12.9 Å². The van der Waals surface area contributed by atoms with Gasteiger partial charge in [-0.3, -0.25) is 9.59 Å². The summed E-state index contributed by atoms with van der Waals surface area (Å²) in [6.07, 6.45) is 0.439. The first-order valence-corrected chi connectivity index (χ1v) is 11.2. The summed E-state index contributed by atoms with van der Waals surface area (Å²) in [5.74, 6) is -3.65. The van der Waals surface area contributed by atoms with Crippen LogP contribution >= 0.6 is 0 Å². The molecule has 2 atom stereocenters. The fraction of sp³-hybridized carbons (Fsp3) is 0.524. The van der Waals surface area contributed by atoms with E-state index in [1.165, 1.54) is 13.8 Å².